The van der Waals surface area contributed by atoms with Gasteiger partial charge in [-0.1, -0.05) is 6.07 Å². The van der Waals surface area contributed by atoms with E-state index in [-0.39, 0.29) is 17.1 Å². The summed E-state index contributed by atoms with van der Waals surface area (Å²) in [7, 11) is 1.63. The van der Waals surface area contributed by atoms with Crippen molar-refractivity contribution in [2.45, 2.75) is 28.9 Å². The molecular weight excluding hydrogens is 404 g/mol. The first-order valence-corrected chi connectivity index (χ1v) is 10.7. The van der Waals surface area contributed by atoms with Gasteiger partial charge < -0.3 is 21.1 Å². The third-order valence-corrected chi connectivity index (χ3v) is 7.20. The molecular formula is C19H24N8O2S. The maximum atomic E-state index is 12.4. The van der Waals surface area contributed by atoms with E-state index in [1.165, 1.54) is 20.8 Å². The van der Waals surface area contributed by atoms with E-state index in [0.717, 1.165) is 38.4 Å². The fraction of sp³-hybridized carbons (Fsp3) is 0.474. The molecule has 1 spiro atoms. The number of hydrogen-bond acceptors (Lipinski definition) is 9. The minimum Gasteiger partial charge on any atom is -0.381 e. The normalized spacial score (nSPS) is 21.0. The highest BCUT2D eigenvalue weighted by molar-refractivity contribution is 7.99. The Bertz CT molecular complexity index is 1150. The second-order valence-electron chi connectivity index (χ2n) is 7.96. The molecule has 5 heterocycles. The number of anilines is 2. The Morgan fingerprint density at radius 1 is 1.30 bits per heavy atom. The molecule has 1 atom stereocenters. The van der Waals surface area contributed by atoms with Gasteiger partial charge in [-0.05, 0) is 36.7 Å². The van der Waals surface area contributed by atoms with E-state index in [0.29, 0.717) is 28.1 Å². The first-order valence-electron chi connectivity index (χ1n) is 9.90. The molecule has 0 saturated carbocycles. The smallest absolute Gasteiger partial charge is 0.350 e. The molecule has 3 aromatic heterocycles. The van der Waals surface area contributed by atoms with E-state index in [2.05, 4.69) is 20.0 Å². The molecule has 30 heavy (non-hydrogen) atoms. The molecule has 0 aromatic carbocycles. The van der Waals surface area contributed by atoms with Crippen LogP contribution in [0.1, 0.15) is 12.8 Å². The monoisotopic (exact) mass is 428 g/mol. The first kappa shape index (κ1) is 19.3. The van der Waals surface area contributed by atoms with Gasteiger partial charge >= 0.3 is 5.69 Å². The second kappa shape index (κ2) is 7.25. The summed E-state index contributed by atoms with van der Waals surface area (Å²) in [4.78, 5) is 23.7. The van der Waals surface area contributed by atoms with Crippen molar-refractivity contribution >= 4 is 29.0 Å². The molecule has 0 radical (unpaired) electrons. The van der Waals surface area contributed by atoms with Crippen LogP contribution >= 0.6 is 11.8 Å². The largest absolute Gasteiger partial charge is 0.381 e. The van der Waals surface area contributed by atoms with Gasteiger partial charge in [-0.25, -0.2) is 23.8 Å². The van der Waals surface area contributed by atoms with Crippen LogP contribution in [0.2, 0.25) is 0 Å². The quantitative estimate of drug-likeness (QED) is 0.612. The van der Waals surface area contributed by atoms with Gasteiger partial charge in [-0.3, -0.25) is 0 Å². The molecule has 0 amide bonds. The van der Waals surface area contributed by atoms with Crippen LogP contribution < -0.4 is 22.1 Å². The molecule has 0 unspecified atom stereocenters. The number of ether oxygens (including phenoxy) is 1. The SMILES string of the molecule is Cn1nc2cccc(Sc3ncc(N4CCC5(CC4)COC[C@H]5N)nc3N)n2c1=O. The lowest BCUT2D eigenvalue weighted by Gasteiger charge is -2.41. The van der Waals surface area contributed by atoms with Gasteiger partial charge in [0.05, 0.1) is 24.4 Å². The fourth-order valence-corrected chi connectivity index (χ4v) is 5.11. The summed E-state index contributed by atoms with van der Waals surface area (Å²) in [5, 5.41) is 5.46. The van der Waals surface area contributed by atoms with Gasteiger partial charge in [0.25, 0.3) is 0 Å². The molecule has 5 rings (SSSR count). The summed E-state index contributed by atoms with van der Waals surface area (Å²) in [5.74, 6) is 1.10. The molecule has 3 aromatic rings. The number of nitrogen functional groups attached to an aromatic ring is 1. The molecule has 11 heteroatoms. The van der Waals surface area contributed by atoms with Crippen molar-refractivity contribution in [3.05, 3.63) is 34.9 Å². The lowest BCUT2D eigenvalue weighted by Crippen LogP contribution is -2.49. The van der Waals surface area contributed by atoms with E-state index in [1.807, 2.05) is 12.1 Å². The minimum absolute atomic E-state index is 0.0843. The van der Waals surface area contributed by atoms with Crippen LogP contribution in [-0.2, 0) is 11.8 Å². The molecule has 0 bridgehead atoms. The lowest BCUT2D eigenvalue weighted by molar-refractivity contribution is 0.131. The predicted molar refractivity (Wildman–Crippen MR) is 114 cm³/mol. The highest BCUT2D eigenvalue weighted by Gasteiger charge is 2.44. The lowest BCUT2D eigenvalue weighted by atomic mass is 9.75. The topological polar surface area (TPSA) is 130 Å². The van der Waals surface area contributed by atoms with Crippen molar-refractivity contribution in [3.63, 3.8) is 0 Å². The second-order valence-corrected chi connectivity index (χ2v) is 8.96. The molecule has 2 aliphatic heterocycles. The summed E-state index contributed by atoms with van der Waals surface area (Å²) in [5.41, 5.74) is 12.9. The van der Waals surface area contributed by atoms with Crippen LogP contribution in [0, 0.1) is 5.41 Å². The van der Waals surface area contributed by atoms with Gasteiger partial charge in [-0.2, -0.15) is 5.10 Å². The Hall–Kier alpha value is -2.63. The maximum Gasteiger partial charge on any atom is 0.350 e. The van der Waals surface area contributed by atoms with Gasteiger partial charge in [0.2, 0.25) is 0 Å². The fourth-order valence-electron chi connectivity index (χ4n) is 4.25. The number of piperidine rings is 1. The summed E-state index contributed by atoms with van der Waals surface area (Å²) >= 11 is 1.30. The van der Waals surface area contributed by atoms with Crippen LogP contribution in [0.3, 0.4) is 0 Å². The number of pyridine rings is 1. The summed E-state index contributed by atoms with van der Waals surface area (Å²) in [6, 6.07) is 5.58. The molecule has 158 valence electrons. The van der Waals surface area contributed by atoms with E-state index < -0.39 is 0 Å². The van der Waals surface area contributed by atoms with Crippen molar-refractivity contribution in [2.24, 2.45) is 18.2 Å². The molecule has 2 saturated heterocycles. The Labute approximate surface area is 177 Å². The van der Waals surface area contributed by atoms with Crippen molar-refractivity contribution in [3.8, 4) is 0 Å². The Kier molecular flexibility index (Phi) is 4.68. The average Bonchev–Trinajstić information content (AvgIpc) is 3.24. The third kappa shape index (κ3) is 3.13. The Morgan fingerprint density at radius 3 is 2.80 bits per heavy atom. The van der Waals surface area contributed by atoms with Crippen LogP contribution in [0.15, 0.2) is 39.2 Å². The highest BCUT2D eigenvalue weighted by Crippen LogP contribution is 2.39. The number of nitrogens with zero attached hydrogens (tertiary/aromatic N) is 6. The maximum absolute atomic E-state index is 12.4. The number of aromatic nitrogens is 5. The van der Waals surface area contributed by atoms with Gasteiger partial charge in [-0.15, -0.1) is 0 Å². The summed E-state index contributed by atoms with van der Waals surface area (Å²) in [6.07, 6.45) is 3.68. The van der Waals surface area contributed by atoms with E-state index in [9.17, 15) is 4.79 Å². The number of fused-ring (bicyclic) bond motifs is 1. The van der Waals surface area contributed by atoms with E-state index >= 15 is 0 Å². The van der Waals surface area contributed by atoms with Crippen LogP contribution in [-0.4, -0.2) is 56.5 Å². The molecule has 2 fully saturated rings. The zero-order valence-electron chi connectivity index (χ0n) is 16.7. The molecule has 0 aliphatic carbocycles. The zero-order valence-corrected chi connectivity index (χ0v) is 17.5. The Balaban J connectivity index is 1.36. The number of nitrogens with two attached hydrogens (primary N) is 2. The first-order chi connectivity index (χ1) is 14.5. The zero-order chi connectivity index (χ0) is 20.9. The third-order valence-electron chi connectivity index (χ3n) is 6.16. The van der Waals surface area contributed by atoms with Crippen LogP contribution in [0.4, 0.5) is 11.6 Å². The molecule has 2 aliphatic rings. The minimum atomic E-state index is -0.215. The Morgan fingerprint density at radius 2 is 2.10 bits per heavy atom. The van der Waals surface area contributed by atoms with E-state index in [1.54, 1.807) is 19.3 Å². The summed E-state index contributed by atoms with van der Waals surface area (Å²) in [6.45, 7) is 3.08. The predicted octanol–water partition coefficient (Wildman–Crippen LogP) is 0.501. The number of rotatable bonds is 3. The van der Waals surface area contributed by atoms with Gasteiger partial charge in [0, 0.05) is 31.6 Å². The molecule has 10 nitrogen and oxygen atoms in total. The van der Waals surface area contributed by atoms with Crippen molar-refractivity contribution in [2.75, 3.05) is 36.9 Å². The van der Waals surface area contributed by atoms with Crippen molar-refractivity contribution in [1.82, 2.24) is 24.1 Å². The van der Waals surface area contributed by atoms with E-state index in [4.69, 9.17) is 16.2 Å². The highest BCUT2D eigenvalue weighted by atomic mass is 32.2. The number of hydrogen-bond donors (Lipinski definition) is 2. The summed E-state index contributed by atoms with van der Waals surface area (Å²) < 4.78 is 8.44. The number of aryl methyl sites for hydroxylation is 1. The van der Waals surface area contributed by atoms with Crippen molar-refractivity contribution < 1.29 is 4.74 Å². The van der Waals surface area contributed by atoms with Gasteiger partial charge in [0.1, 0.15) is 10.8 Å². The molecule has 4 N–H and O–H groups in total. The van der Waals surface area contributed by atoms with Crippen LogP contribution in [0.25, 0.3) is 5.65 Å². The van der Waals surface area contributed by atoms with Crippen molar-refractivity contribution in [1.29, 1.82) is 0 Å². The van der Waals surface area contributed by atoms with Crippen LogP contribution in [0.5, 0.6) is 0 Å². The average molecular weight is 429 g/mol. The van der Waals surface area contributed by atoms with Gasteiger partial charge in [0.15, 0.2) is 11.5 Å². The standard InChI is InChI=1S/C19H24N8O2S/c1-25-18(28)27-13(24-25)3-2-4-15(27)30-17-16(21)23-14(9-22-17)26-7-5-19(6-8-26)11-29-10-12(19)20/h2-4,9,12H,5-8,10-11,20H2,1H3,(H2,21,23)/t12-/m1/s1.